The molecule has 2 unspecified atom stereocenters. The topological polar surface area (TPSA) is 80.4 Å². The van der Waals surface area contributed by atoms with Gasteiger partial charge in [-0.05, 0) is 31.4 Å². The monoisotopic (exact) mass is 386 g/mol. The van der Waals surface area contributed by atoms with Crippen molar-refractivity contribution in [3.8, 4) is 0 Å². The van der Waals surface area contributed by atoms with E-state index in [4.69, 9.17) is 9.47 Å². The van der Waals surface area contributed by atoms with Crippen molar-refractivity contribution in [1.29, 1.82) is 0 Å². The van der Waals surface area contributed by atoms with Crippen LogP contribution in [0, 0.1) is 12.3 Å². The lowest BCUT2D eigenvalue weighted by Gasteiger charge is -2.58. The van der Waals surface area contributed by atoms with Crippen LogP contribution in [0.2, 0.25) is 0 Å². The zero-order valence-corrected chi connectivity index (χ0v) is 17.3. The first-order chi connectivity index (χ1) is 13.3. The number of hydrogen-bond donors (Lipinski definition) is 2. The summed E-state index contributed by atoms with van der Waals surface area (Å²) in [5.74, 6) is -0.569. The number of hydrogen-bond acceptors (Lipinski definition) is 4. The maximum absolute atomic E-state index is 12.8. The molecule has 6 heteroatoms. The molecule has 6 nitrogen and oxygen atoms in total. The molecule has 1 aromatic carbocycles. The third-order valence-corrected chi connectivity index (χ3v) is 6.28. The smallest absolute Gasteiger partial charge is 0.332 e. The average Bonchev–Trinajstić information content (AvgIpc) is 3.09. The van der Waals surface area contributed by atoms with Gasteiger partial charge in [0.2, 0.25) is 5.91 Å². The van der Waals surface area contributed by atoms with E-state index in [9.17, 15) is 9.59 Å². The molecule has 1 saturated carbocycles. The van der Waals surface area contributed by atoms with Crippen molar-refractivity contribution in [3.05, 3.63) is 35.5 Å². The summed E-state index contributed by atoms with van der Waals surface area (Å²) < 4.78 is 10.8. The molecule has 0 radical (unpaired) electrons. The summed E-state index contributed by atoms with van der Waals surface area (Å²) in [5, 5.41) is 4.11. The predicted molar refractivity (Wildman–Crippen MR) is 108 cm³/mol. The number of aryl methyl sites for hydroxylation is 2. The molecule has 1 aromatic heterocycles. The molecule has 1 amide bonds. The van der Waals surface area contributed by atoms with E-state index in [1.807, 2.05) is 33.0 Å². The molecule has 0 bridgehead atoms. The number of esters is 1. The minimum absolute atomic E-state index is 0.0894. The van der Waals surface area contributed by atoms with Gasteiger partial charge >= 0.3 is 5.97 Å². The second kappa shape index (κ2) is 7.59. The van der Waals surface area contributed by atoms with E-state index in [1.165, 1.54) is 12.7 Å². The van der Waals surface area contributed by atoms with E-state index in [1.54, 1.807) is 0 Å². The van der Waals surface area contributed by atoms with Crippen LogP contribution in [0.4, 0.5) is 0 Å². The number of carbonyl (C=O) groups excluding carboxylic acids is 2. The van der Waals surface area contributed by atoms with E-state index in [0.29, 0.717) is 25.9 Å². The molecule has 0 saturated heterocycles. The van der Waals surface area contributed by atoms with Crippen LogP contribution in [0.5, 0.6) is 0 Å². The molecule has 152 valence electrons. The van der Waals surface area contributed by atoms with Gasteiger partial charge in [0.05, 0.1) is 13.2 Å². The summed E-state index contributed by atoms with van der Waals surface area (Å²) in [6.45, 7) is 8.44. The minimum atomic E-state index is -1.05. The molecule has 0 spiro atoms. The standard InChI is InChI=1S/C22H30N2O4/c1-6-28-17-12-22(20(26)27-5,21(17,3)4)24-18(25)11-10-15-13-23-19-14(2)8-7-9-16(15)19/h7-9,13,17,23H,6,10-12H2,1-5H3,(H,24,25). The fraction of sp³-hybridized carbons (Fsp3) is 0.545. The van der Waals surface area contributed by atoms with Crippen LogP contribution in [0.3, 0.4) is 0 Å². The van der Waals surface area contributed by atoms with Crippen LogP contribution in [0.1, 0.15) is 44.7 Å². The van der Waals surface area contributed by atoms with Gasteiger partial charge in [0.15, 0.2) is 0 Å². The van der Waals surface area contributed by atoms with Crippen LogP contribution >= 0.6 is 0 Å². The minimum Gasteiger partial charge on any atom is -0.467 e. The number of carbonyl (C=O) groups is 2. The highest BCUT2D eigenvalue weighted by Gasteiger charge is 2.66. The SMILES string of the molecule is CCOC1CC(NC(=O)CCc2c[nH]c3c(C)cccc23)(C(=O)OC)C1(C)C. The van der Waals surface area contributed by atoms with Crippen molar-refractivity contribution in [1.82, 2.24) is 10.3 Å². The van der Waals surface area contributed by atoms with Crippen molar-refractivity contribution >= 4 is 22.8 Å². The number of aromatic nitrogens is 1. The van der Waals surface area contributed by atoms with E-state index in [-0.39, 0.29) is 12.0 Å². The van der Waals surface area contributed by atoms with Crippen molar-refractivity contribution in [3.63, 3.8) is 0 Å². The molecule has 2 atom stereocenters. The number of aromatic amines is 1. The average molecular weight is 386 g/mol. The quantitative estimate of drug-likeness (QED) is 0.716. The van der Waals surface area contributed by atoms with E-state index >= 15 is 0 Å². The Labute approximate surface area is 166 Å². The van der Waals surface area contributed by atoms with Gasteiger partial charge in [-0.25, -0.2) is 4.79 Å². The summed E-state index contributed by atoms with van der Waals surface area (Å²) in [7, 11) is 1.36. The van der Waals surface area contributed by atoms with Gasteiger partial charge in [-0.2, -0.15) is 0 Å². The fourth-order valence-electron chi connectivity index (χ4n) is 4.31. The Morgan fingerprint density at radius 1 is 1.32 bits per heavy atom. The number of methoxy groups -OCH3 is 1. The van der Waals surface area contributed by atoms with Gasteiger partial charge in [-0.3, -0.25) is 4.79 Å². The molecule has 3 rings (SSSR count). The van der Waals surface area contributed by atoms with E-state index in [2.05, 4.69) is 29.4 Å². The summed E-state index contributed by atoms with van der Waals surface area (Å²) in [6, 6.07) is 6.14. The maximum Gasteiger partial charge on any atom is 0.332 e. The van der Waals surface area contributed by atoms with Gasteiger partial charge in [0.1, 0.15) is 5.54 Å². The second-order valence-electron chi connectivity index (χ2n) is 8.13. The zero-order chi connectivity index (χ0) is 20.5. The Kier molecular flexibility index (Phi) is 5.53. The molecule has 1 aliphatic carbocycles. The summed E-state index contributed by atoms with van der Waals surface area (Å²) in [5.41, 5.74) is 1.79. The summed E-state index contributed by atoms with van der Waals surface area (Å²) in [6.07, 6.45) is 3.20. The van der Waals surface area contributed by atoms with Crippen molar-refractivity contribution < 1.29 is 19.1 Å². The predicted octanol–water partition coefficient (Wildman–Crippen LogP) is 3.27. The number of para-hydroxylation sites is 1. The first-order valence-electron chi connectivity index (χ1n) is 9.83. The first kappa shape index (κ1) is 20.4. The lowest BCUT2D eigenvalue weighted by atomic mass is 9.54. The number of fused-ring (bicyclic) bond motifs is 1. The molecule has 1 aliphatic rings. The molecule has 0 aliphatic heterocycles. The van der Waals surface area contributed by atoms with Gasteiger partial charge in [-0.15, -0.1) is 0 Å². The Morgan fingerprint density at radius 2 is 2.07 bits per heavy atom. The van der Waals surface area contributed by atoms with Gasteiger partial charge in [0, 0.05) is 42.0 Å². The van der Waals surface area contributed by atoms with Crippen molar-refractivity contribution in [2.75, 3.05) is 13.7 Å². The maximum atomic E-state index is 12.8. The van der Waals surface area contributed by atoms with Gasteiger partial charge < -0.3 is 19.8 Å². The van der Waals surface area contributed by atoms with Gasteiger partial charge in [-0.1, -0.05) is 32.0 Å². The third kappa shape index (κ3) is 3.20. The lowest BCUT2D eigenvalue weighted by molar-refractivity contribution is -0.197. The highest BCUT2D eigenvalue weighted by molar-refractivity contribution is 5.91. The Hall–Kier alpha value is -2.34. The largest absolute Gasteiger partial charge is 0.467 e. The number of amides is 1. The Morgan fingerprint density at radius 3 is 2.71 bits per heavy atom. The highest BCUT2D eigenvalue weighted by atomic mass is 16.5. The van der Waals surface area contributed by atoms with Crippen molar-refractivity contribution in [2.24, 2.45) is 5.41 Å². The second-order valence-corrected chi connectivity index (χ2v) is 8.13. The number of ether oxygens (including phenoxy) is 2. The molecule has 1 heterocycles. The van der Waals surface area contributed by atoms with Crippen LogP contribution in [0.15, 0.2) is 24.4 Å². The number of rotatable bonds is 7. The van der Waals surface area contributed by atoms with Crippen molar-refractivity contribution in [2.45, 2.75) is 58.6 Å². The Bertz CT molecular complexity index is 886. The van der Waals surface area contributed by atoms with Crippen LogP contribution < -0.4 is 5.32 Å². The lowest BCUT2D eigenvalue weighted by Crippen LogP contribution is -2.76. The third-order valence-electron chi connectivity index (χ3n) is 6.28. The molecule has 2 N–H and O–H groups in total. The number of nitrogens with one attached hydrogen (secondary N) is 2. The Balaban J connectivity index is 1.71. The molecule has 28 heavy (non-hydrogen) atoms. The van der Waals surface area contributed by atoms with Gasteiger partial charge in [0.25, 0.3) is 0 Å². The number of benzene rings is 1. The molecule has 2 aromatic rings. The van der Waals surface area contributed by atoms with Crippen LogP contribution in [-0.4, -0.2) is 42.2 Å². The molecular formula is C22H30N2O4. The number of H-pyrrole nitrogens is 1. The normalized spacial score (nSPS) is 23.2. The van der Waals surface area contributed by atoms with Crippen LogP contribution in [0.25, 0.3) is 10.9 Å². The van der Waals surface area contributed by atoms with E-state index in [0.717, 1.165) is 16.5 Å². The first-order valence-corrected chi connectivity index (χ1v) is 9.83. The van der Waals surface area contributed by atoms with E-state index < -0.39 is 16.9 Å². The van der Waals surface area contributed by atoms with Crippen LogP contribution in [-0.2, 0) is 25.5 Å². The zero-order valence-electron chi connectivity index (χ0n) is 17.3. The molecule has 1 fully saturated rings. The fourth-order valence-corrected chi connectivity index (χ4v) is 4.31. The summed E-state index contributed by atoms with van der Waals surface area (Å²) >= 11 is 0. The molecular weight excluding hydrogens is 356 g/mol. The summed E-state index contributed by atoms with van der Waals surface area (Å²) in [4.78, 5) is 28.6. The highest BCUT2D eigenvalue weighted by Crippen LogP contribution is 2.52.